The lowest BCUT2D eigenvalue weighted by Crippen LogP contribution is -2.29. The number of rotatable bonds is 7. The minimum absolute atomic E-state index is 0.674. The Kier molecular flexibility index (Phi) is 7.40. The Morgan fingerprint density at radius 3 is 2.50 bits per heavy atom. The molecule has 5 heteroatoms. The topological polar surface area (TPSA) is 33.3 Å². The van der Waals surface area contributed by atoms with Gasteiger partial charge in [0.15, 0.2) is 5.11 Å². The van der Waals surface area contributed by atoms with Gasteiger partial charge in [-0.2, -0.15) is 0 Å². The van der Waals surface area contributed by atoms with Gasteiger partial charge in [-0.25, -0.2) is 0 Å². The molecule has 128 valence electrons. The summed E-state index contributed by atoms with van der Waals surface area (Å²) in [6, 6.07) is 14.4. The first kappa shape index (κ1) is 18.6. The zero-order valence-corrected chi connectivity index (χ0v) is 16.0. The van der Waals surface area contributed by atoms with E-state index in [1.54, 1.807) is 7.11 Å². The van der Waals surface area contributed by atoms with Crippen molar-refractivity contribution in [1.29, 1.82) is 0 Å². The molecule has 2 aromatic rings. The number of nitrogens with one attached hydrogen (secondary N) is 2. The average Bonchev–Trinajstić information content (AvgIpc) is 2.58. The molecule has 0 atom stereocenters. The van der Waals surface area contributed by atoms with Crippen LogP contribution in [0.25, 0.3) is 0 Å². The van der Waals surface area contributed by atoms with Gasteiger partial charge in [0, 0.05) is 17.1 Å². The second-order valence-corrected chi connectivity index (χ2v) is 7.13. The van der Waals surface area contributed by atoms with E-state index < -0.39 is 0 Å². The number of aryl methyl sites for hydroxylation is 2. The highest BCUT2D eigenvalue weighted by Gasteiger charge is 2.00. The number of methoxy groups -OCH3 is 1. The van der Waals surface area contributed by atoms with Crippen molar-refractivity contribution in [2.24, 2.45) is 0 Å². The molecule has 0 aromatic heterocycles. The van der Waals surface area contributed by atoms with E-state index in [0.29, 0.717) is 5.11 Å². The second-order valence-electron chi connectivity index (χ2n) is 5.56. The van der Waals surface area contributed by atoms with Crippen molar-refractivity contribution in [2.75, 3.05) is 24.7 Å². The van der Waals surface area contributed by atoms with Crippen molar-refractivity contribution < 1.29 is 4.74 Å². The highest BCUT2D eigenvalue weighted by Crippen LogP contribution is 2.21. The second kappa shape index (κ2) is 9.55. The smallest absolute Gasteiger partial charge is 0.170 e. The molecule has 24 heavy (non-hydrogen) atoms. The summed E-state index contributed by atoms with van der Waals surface area (Å²) >= 11 is 7.18. The molecule has 0 amide bonds. The van der Waals surface area contributed by atoms with Gasteiger partial charge in [0.05, 0.1) is 7.11 Å². The van der Waals surface area contributed by atoms with Crippen LogP contribution in [0.1, 0.15) is 17.5 Å². The summed E-state index contributed by atoms with van der Waals surface area (Å²) in [5.74, 6) is 1.94. The molecule has 2 aromatic carbocycles. The third-order valence-electron chi connectivity index (χ3n) is 3.70. The van der Waals surface area contributed by atoms with Crippen molar-refractivity contribution >= 4 is 34.8 Å². The molecule has 0 spiro atoms. The zero-order valence-electron chi connectivity index (χ0n) is 14.4. The quantitative estimate of drug-likeness (QED) is 0.422. The molecule has 0 bridgehead atoms. The van der Waals surface area contributed by atoms with Gasteiger partial charge >= 0.3 is 0 Å². The molecule has 2 rings (SSSR count). The van der Waals surface area contributed by atoms with Crippen molar-refractivity contribution in [3.8, 4) is 5.75 Å². The highest BCUT2D eigenvalue weighted by atomic mass is 32.2. The standard InChI is InChI=1S/C19H24N2OS2/c1-14-5-6-16(13-15(14)2)21-19(23)20-11-4-12-24-18-9-7-17(22-3)8-10-18/h5-10,13H,4,11-12H2,1-3H3,(H2,20,21,23). The summed E-state index contributed by atoms with van der Waals surface area (Å²) in [6.07, 6.45) is 1.05. The summed E-state index contributed by atoms with van der Waals surface area (Å²) in [7, 11) is 1.68. The Balaban J connectivity index is 1.64. The number of benzene rings is 2. The van der Waals surface area contributed by atoms with E-state index in [0.717, 1.165) is 30.2 Å². The number of hydrogen-bond donors (Lipinski definition) is 2. The number of anilines is 1. The summed E-state index contributed by atoms with van der Waals surface area (Å²) in [5, 5.41) is 7.16. The largest absolute Gasteiger partial charge is 0.497 e. The van der Waals surface area contributed by atoms with Crippen molar-refractivity contribution in [3.05, 3.63) is 53.6 Å². The van der Waals surface area contributed by atoms with Crippen molar-refractivity contribution in [1.82, 2.24) is 5.32 Å². The Labute approximate surface area is 154 Å². The van der Waals surface area contributed by atoms with Gasteiger partial charge in [-0.15, -0.1) is 11.8 Å². The fourth-order valence-electron chi connectivity index (χ4n) is 2.13. The van der Waals surface area contributed by atoms with Crippen molar-refractivity contribution in [3.63, 3.8) is 0 Å². The van der Waals surface area contributed by atoms with Gasteiger partial charge in [-0.05, 0) is 85.8 Å². The predicted octanol–water partition coefficient (Wildman–Crippen LogP) is 4.78. The van der Waals surface area contributed by atoms with Gasteiger partial charge in [0.25, 0.3) is 0 Å². The van der Waals surface area contributed by atoms with E-state index in [1.165, 1.54) is 16.0 Å². The minimum atomic E-state index is 0.674. The Morgan fingerprint density at radius 2 is 1.83 bits per heavy atom. The maximum Gasteiger partial charge on any atom is 0.170 e. The van der Waals surface area contributed by atoms with E-state index in [1.807, 2.05) is 23.9 Å². The molecule has 0 heterocycles. The van der Waals surface area contributed by atoms with Crippen molar-refractivity contribution in [2.45, 2.75) is 25.2 Å². The fourth-order valence-corrected chi connectivity index (χ4v) is 3.20. The Hall–Kier alpha value is -1.72. The maximum absolute atomic E-state index is 5.34. The molecule has 0 aliphatic carbocycles. The van der Waals surface area contributed by atoms with Crippen LogP contribution in [-0.2, 0) is 0 Å². The molecule has 0 saturated heterocycles. The summed E-state index contributed by atoms with van der Waals surface area (Å²) < 4.78 is 5.16. The monoisotopic (exact) mass is 360 g/mol. The van der Waals surface area contributed by atoms with Crippen LogP contribution in [0.2, 0.25) is 0 Å². The van der Waals surface area contributed by atoms with E-state index in [2.05, 4.69) is 54.8 Å². The number of hydrogen-bond acceptors (Lipinski definition) is 3. The average molecular weight is 361 g/mol. The van der Waals surface area contributed by atoms with E-state index in [-0.39, 0.29) is 0 Å². The first-order valence-corrected chi connectivity index (χ1v) is 9.37. The molecular weight excluding hydrogens is 336 g/mol. The minimum Gasteiger partial charge on any atom is -0.497 e. The molecule has 0 radical (unpaired) electrons. The van der Waals surface area contributed by atoms with E-state index in [4.69, 9.17) is 17.0 Å². The normalized spacial score (nSPS) is 10.3. The van der Waals surface area contributed by atoms with Crippen LogP contribution in [0, 0.1) is 13.8 Å². The number of thioether (sulfide) groups is 1. The third-order valence-corrected chi connectivity index (χ3v) is 5.04. The van der Waals surface area contributed by atoms with Crippen LogP contribution in [-0.4, -0.2) is 24.5 Å². The molecule has 0 aliphatic rings. The summed E-state index contributed by atoms with van der Waals surface area (Å²) in [5.41, 5.74) is 3.58. The lowest BCUT2D eigenvalue weighted by molar-refractivity contribution is 0.414. The first-order valence-electron chi connectivity index (χ1n) is 7.97. The highest BCUT2D eigenvalue weighted by molar-refractivity contribution is 7.99. The van der Waals surface area contributed by atoms with Gasteiger partial charge in [-0.1, -0.05) is 6.07 Å². The predicted molar refractivity (Wildman–Crippen MR) is 108 cm³/mol. The van der Waals surface area contributed by atoms with E-state index >= 15 is 0 Å². The number of thiocarbonyl (C=S) groups is 1. The zero-order chi connectivity index (χ0) is 17.4. The molecule has 0 unspecified atom stereocenters. The van der Waals surface area contributed by atoms with Gasteiger partial charge in [-0.3, -0.25) is 0 Å². The van der Waals surface area contributed by atoms with Crippen LogP contribution >= 0.6 is 24.0 Å². The van der Waals surface area contributed by atoms with Gasteiger partial charge in [0.2, 0.25) is 0 Å². The molecule has 0 saturated carbocycles. The summed E-state index contributed by atoms with van der Waals surface area (Å²) in [6.45, 7) is 5.07. The molecular formula is C19H24N2OS2. The maximum atomic E-state index is 5.34. The van der Waals surface area contributed by atoms with Crippen LogP contribution < -0.4 is 15.4 Å². The Bertz CT molecular complexity index is 672. The summed E-state index contributed by atoms with van der Waals surface area (Å²) in [4.78, 5) is 1.26. The van der Waals surface area contributed by atoms with Crippen LogP contribution in [0.3, 0.4) is 0 Å². The van der Waals surface area contributed by atoms with Gasteiger partial charge in [0.1, 0.15) is 5.75 Å². The molecule has 3 nitrogen and oxygen atoms in total. The van der Waals surface area contributed by atoms with Crippen LogP contribution in [0.4, 0.5) is 5.69 Å². The molecule has 0 fully saturated rings. The lowest BCUT2D eigenvalue weighted by Gasteiger charge is -2.11. The van der Waals surface area contributed by atoms with E-state index in [9.17, 15) is 0 Å². The number of ether oxygens (including phenoxy) is 1. The fraction of sp³-hybridized carbons (Fsp3) is 0.316. The van der Waals surface area contributed by atoms with Crippen LogP contribution in [0.15, 0.2) is 47.4 Å². The molecule has 2 N–H and O–H groups in total. The van der Waals surface area contributed by atoms with Gasteiger partial charge < -0.3 is 15.4 Å². The molecule has 0 aliphatic heterocycles. The SMILES string of the molecule is COc1ccc(SCCCNC(=S)Nc2ccc(C)c(C)c2)cc1. The first-order chi connectivity index (χ1) is 11.6. The third kappa shape index (κ3) is 6.06. The van der Waals surface area contributed by atoms with Crippen LogP contribution in [0.5, 0.6) is 5.75 Å². The Morgan fingerprint density at radius 1 is 1.08 bits per heavy atom. The lowest BCUT2D eigenvalue weighted by atomic mass is 10.1.